The highest BCUT2D eigenvalue weighted by Crippen LogP contribution is 2.27. The number of anilines is 1. The predicted octanol–water partition coefficient (Wildman–Crippen LogP) is 2.61. The smallest absolute Gasteiger partial charge is 0.310 e. The first-order chi connectivity index (χ1) is 8.58. The highest BCUT2D eigenvalue weighted by Gasteiger charge is 2.25. The molecule has 4 heteroatoms. The third kappa shape index (κ3) is 2.70. The van der Waals surface area contributed by atoms with Gasteiger partial charge in [0.2, 0.25) is 5.91 Å². The van der Waals surface area contributed by atoms with Crippen LogP contribution in [0.15, 0.2) is 24.3 Å². The summed E-state index contributed by atoms with van der Waals surface area (Å²) in [6.07, 6.45) is 3.08. The van der Waals surface area contributed by atoms with Crippen LogP contribution >= 0.6 is 0 Å². The van der Waals surface area contributed by atoms with E-state index < -0.39 is 11.9 Å². The van der Waals surface area contributed by atoms with Gasteiger partial charge in [0.05, 0.1) is 5.92 Å². The molecule has 2 rings (SSSR count). The van der Waals surface area contributed by atoms with E-state index in [-0.39, 0.29) is 11.8 Å². The third-order valence-electron chi connectivity index (χ3n) is 3.52. The summed E-state index contributed by atoms with van der Waals surface area (Å²) in [5, 5.41) is 11.7. The Labute approximate surface area is 106 Å². The fraction of sp³-hybridized carbons (Fsp3) is 0.429. The zero-order valence-electron chi connectivity index (χ0n) is 10.3. The minimum absolute atomic E-state index is 0.0697. The molecule has 1 amide bonds. The average Bonchev–Trinajstić information content (AvgIpc) is 2.26. The zero-order chi connectivity index (χ0) is 13.1. The van der Waals surface area contributed by atoms with Gasteiger partial charge in [-0.2, -0.15) is 0 Å². The van der Waals surface area contributed by atoms with E-state index in [9.17, 15) is 9.59 Å². The summed E-state index contributed by atoms with van der Waals surface area (Å²) in [6, 6.07) is 7.00. The zero-order valence-corrected chi connectivity index (χ0v) is 10.3. The van der Waals surface area contributed by atoms with Crippen molar-refractivity contribution in [3.8, 4) is 0 Å². The lowest BCUT2D eigenvalue weighted by molar-refractivity contribution is -0.138. The summed E-state index contributed by atoms with van der Waals surface area (Å²) < 4.78 is 0. The number of nitrogens with one attached hydrogen (secondary N) is 1. The molecule has 0 aliphatic heterocycles. The van der Waals surface area contributed by atoms with Crippen molar-refractivity contribution < 1.29 is 14.7 Å². The van der Waals surface area contributed by atoms with Gasteiger partial charge in [-0.1, -0.05) is 18.6 Å². The number of carboxylic acids is 1. The highest BCUT2D eigenvalue weighted by atomic mass is 16.4. The van der Waals surface area contributed by atoms with E-state index in [1.165, 1.54) is 0 Å². The van der Waals surface area contributed by atoms with Crippen LogP contribution < -0.4 is 5.32 Å². The largest absolute Gasteiger partial charge is 0.481 e. The molecule has 1 aliphatic rings. The summed E-state index contributed by atoms with van der Waals surface area (Å²) in [5.74, 6) is -1.15. The van der Waals surface area contributed by atoms with E-state index >= 15 is 0 Å². The molecule has 0 radical (unpaired) electrons. The van der Waals surface area contributed by atoms with Crippen LogP contribution in [0.5, 0.6) is 0 Å². The van der Waals surface area contributed by atoms with Crippen LogP contribution in [-0.4, -0.2) is 17.0 Å². The van der Waals surface area contributed by atoms with E-state index in [1.807, 2.05) is 0 Å². The lowest BCUT2D eigenvalue weighted by atomic mass is 9.85. The van der Waals surface area contributed by atoms with Gasteiger partial charge in [-0.25, -0.2) is 0 Å². The Morgan fingerprint density at radius 3 is 2.33 bits per heavy atom. The summed E-state index contributed by atoms with van der Waals surface area (Å²) in [5.41, 5.74) is 1.47. The number of benzene rings is 1. The number of amides is 1. The number of carboxylic acid groups (broad SMARTS) is 1. The van der Waals surface area contributed by atoms with Gasteiger partial charge in [-0.15, -0.1) is 0 Å². The van der Waals surface area contributed by atoms with E-state index in [1.54, 1.807) is 31.2 Å². The number of carbonyl (C=O) groups excluding carboxylic acids is 1. The van der Waals surface area contributed by atoms with Gasteiger partial charge < -0.3 is 10.4 Å². The molecular weight excluding hydrogens is 230 g/mol. The molecule has 1 fully saturated rings. The van der Waals surface area contributed by atoms with Crippen molar-refractivity contribution in [2.24, 2.45) is 5.92 Å². The van der Waals surface area contributed by atoms with Crippen molar-refractivity contribution in [1.29, 1.82) is 0 Å². The van der Waals surface area contributed by atoms with Gasteiger partial charge in [-0.05, 0) is 37.5 Å². The first-order valence-corrected chi connectivity index (χ1v) is 6.21. The summed E-state index contributed by atoms with van der Waals surface area (Å²) >= 11 is 0. The van der Waals surface area contributed by atoms with E-state index in [0.717, 1.165) is 30.5 Å². The number of aliphatic carboxylic acids is 1. The average molecular weight is 247 g/mol. The Balaban J connectivity index is 1.98. The van der Waals surface area contributed by atoms with Crippen LogP contribution in [0.25, 0.3) is 0 Å². The quantitative estimate of drug-likeness (QED) is 0.859. The van der Waals surface area contributed by atoms with Gasteiger partial charge in [0, 0.05) is 11.6 Å². The molecule has 0 saturated heterocycles. The Morgan fingerprint density at radius 2 is 1.89 bits per heavy atom. The van der Waals surface area contributed by atoms with E-state index in [2.05, 4.69) is 5.32 Å². The molecule has 1 aromatic rings. The summed E-state index contributed by atoms with van der Waals surface area (Å²) in [6.45, 7) is 1.64. The minimum Gasteiger partial charge on any atom is -0.481 e. The van der Waals surface area contributed by atoms with Gasteiger partial charge in [0.25, 0.3) is 0 Å². The maximum Gasteiger partial charge on any atom is 0.310 e. The van der Waals surface area contributed by atoms with Crippen LogP contribution in [0.1, 0.15) is 37.7 Å². The molecule has 0 spiro atoms. The van der Waals surface area contributed by atoms with Gasteiger partial charge in [0.1, 0.15) is 0 Å². The van der Waals surface area contributed by atoms with Crippen LogP contribution in [0.4, 0.5) is 5.69 Å². The minimum atomic E-state index is -0.846. The molecule has 1 aromatic carbocycles. The predicted molar refractivity (Wildman–Crippen MR) is 68.5 cm³/mol. The van der Waals surface area contributed by atoms with Gasteiger partial charge in [-0.3, -0.25) is 9.59 Å². The Bertz CT molecular complexity index is 449. The molecular formula is C14H17NO3. The Morgan fingerprint density at radius 1 is 1.28 bits per heavy atom. The first-order valence-electron chi connectivity index (χ1n) is 6.21. The van der Waals surface area contributed by atoms with Gasteiger partial charge in [0.15, 0.2) is 0 Å². The number of rotatable bonds is 4. The van der Waals surface area contributed by atoms with Crippen molar-refractivity contribution in [1.82, 2.24) is 0 Å². The number of carbonyl (C=O) groups is 2. The first kappa shape index (κ1) is 12.6. The van der Waals surface area contributed by atoms with Crippen molar-refractivity contribution in [2.75, 3.05) is 5.32 Å². The number of hydrogen-bond acceptors (Lipinski definition) is 2. The van der Waals surface area contributed by atoms with Crippen molar-refractivity contribution in [3.63, 3.8) is 0 Å². The lowest BCUT2D eigenvalue weighted by Gasteiger charge is -2.24. The van der Waals surface area contributed by atoms with Crippen LogP contribution in [0.2, 0.25) is 0 Å². The second kappa shape index (κ2) is 5.21. The molecule has 1 atom stereocenters. The lowest BCUT2D eigenvalue weighted by Crippen LogP contribution is -2.28. The van der Waals surface area contributed by atoms with E-state index in [0.29, 0.717) is 0 Å². The molecule has 1 aliphatic carbocycles. The fourth-order valence-electron chi connectivity index (χ4n) is 1.91. The monoisotopic (exact) mass is 247 g/mol. The second-order valence-electron chi connectivity index (χ2n) is 4.80. The van der Waals surface area contributed by atoms with Crippen molar-refractivity contribution >= 4 is 17.6 Å². The van der Waals surface area contributed by atoms with Crippen molar-refractivity contribution in [2.45, 2.75) is 32.1 Å². The maximum absolute atomic E-state index is 11.7. The molecule has 0 bridgehead atoms. The van der Waals surface area contributed by atoms with Crippen LogP contribution in [0, 0.1) is 5.92 Å². The molecule has 0 heterocycles. The molecule has 1 unspecified atom stereocenters. The van der Waals surface area contributed by atoms with Crippen molar-refractivity contribution in [3.05, 3.63) is 29.8 Å². The molecule has 4 nitrogen and oxygen atoms in total. The third-order valence-corrected chi connectivity index (χ3v) is 3.52. The second-order valence-corrected chi connectivity index (χ2v) is 4.80. The van der Waals surface area contributed by atoms with E-state index in [4.69, 9.17) is 5.11 Å². The molecule has 2 N–H and O–H groups in total. The topological polar surface area (TPSA) is 66.4 Å². The molecule has 1 saturated carbocycles. The molecule has 96 valence electrons. The highest BCUT2D eigenvalue weighted by molar-refractivity contribution is 5.93. The maximum atomic E-state index is 11.7. The summed E-state index contributed by atoms with van der Waals surface area (Å²) in [7, 11) is 0. The van der Waals surface area contributed by atoms with Crippen LogP contribution in [-0.2, 0) is 9.59 Å². The van der Waals surface area contributed by atoms with Crippen LogP contribution in [0.3, 0.4) is 0 Å². The Hall–Kier alpha value is -1.84. The summed E-state index contributed by atoms with van der Waals surface area (Å²) in [4.78, 5) is 22.5. The Kier molecular flexibility index (Phi) is 3.65. The normalized spacial score (nSPS) is 16.7. The SMILES string of the molecule is CC(C(=O)O)c1ccc(NC(=O)C2CCC2)cc1. The standard InChI is InChI=1S/C14H17NO3/c1-9(14(17)18)10-5-7-12(8-6-10)15-13(16)11-3-2-4-11/h5-9,11H,2-4H2,1H3,(H,15,16)(H,17,18). The van der Waals surface area contributed by atoms with Gasteiger partial charge >= 0.3 is 5.97 Å². The molecule has 18 heavy (non-hydrogen) atoms. The molecule has 0 aromatic heterocycles. The number of hydrogen-bond donors (Lipinski definition) is 2. The fourth-order valence-corrected chi connectivity index (χ4v) is 1.91.